The van der Waals surface area contributed by atoms with E-state index >= 15 is 0 Å². The maximum Gasteiger partial charge on any atom is 1.00 e. The molecule has 1 rings (SSSR count). The van der Waals surface area contributed by atoms with Gasteiger partial charge < -0.3 is 9.90 Å². The maximum absolute atomic E-state index is 13.0. The van der Waals surface area contributed by atoms with Crippen molar-refractivity contribution in [3.63, 3.8) is 0 Å². The minimum atomic E-state index is -3.93. The summed E-state index contributed by atoms with van der Waals surface area (Å²) in [7, 11) is 0. The topological polar surface area (TPSA) is 40.1 Å². The average molecular weight is 250 g/mol. The van der Waals surface area contributed by atoms with Gasteiger partial charge in [0.2, 0.25) is 0 Å². The minimum Gasteiger partial charge on any atom is -0.544 e. The van der Waals surface area contributed by atoms with Crippen LogP contribution in [0.15, 0.2) is 24.3 Å². The van der Waals surface area contributed by atoms with E-state index in [2.05, 4.69) is 0 Å². The van der Waals surface area contributed by atoms with Crippen molar-refractivity contribution in [2.75, 3.05) is 0 Å². The summed E-state index contributed by atoms with van der Waals surface area (Å²) in [6, 6.07) is 5.26. The maximum atomic E-state index is 13.0. The molecule has 0 saturated carbocycles. The van der Waals surface area contributed by atoms with Crippen molar-refractivity contribution < 1.29 is 48.2 Å². The quantitative estimate of drug-likeness (QED) is 0.621. The molecular weight excluding hydrogens is 237 g/mol. The summed E-state index contributed by atoms with van der Waals surface area (Å²) in [6.45, 7) is 5.83. The molecule has 1 aromatic carbocycles. The van der Waals surface area contributed by atoms with E-state index < -0.39 is 17.5 Å². The van der Waals surface area contributed by atoms with Crippen LogP contribution in [0.25, 0.3) is 0 Å². The standard InChI is InChI=1S/C12H14F2O2.Na/c1-11(2,3)8-4-6-9(7-5-8)12(13,14)10(15)16;/h4-7H,1-3H3,(H,15,16);/q;+1/p-1. The minimum absolute atomic E-state index is 0. The first-order valence-electron chi connectivity index (χ1n) is 4.86. The Morgan fingerprint density at radius 1 is 1.06 bits per heavy atom. The zero-order valence-corrected chi connectivity index (χ0v) is 12.4. The van der Waals surface area contributed by atoms with Gasteiger partial charge in [0.15, 0.2) is 0 Å². The molecule has 0 unspecified atom stereocenters. The molecule has 0 N–H and O–H groups in total. The van der Waals surface area contributed by atoms with Crippen LogP contribution in [0.4, 0.5) is 8.78 Å². The smallest absolute Gasteiger partial charge is 0.544 e. The Morgan fingerprint density at radius 3 is 1.71 bits per heavy atom. The molecular formula is C12H13F2NaO2. The van der Waals surface area contributed by atoms with E-state index in [1.54, 1.807) is 0 Å². The van der Waals surface area contributed by atoms with Crippen molar-refractivity contribution in [3.05, 3.63) is 35.4 Å². The molecule has 0 fully saturated rings. The van der Waals surface area contributed by atoms with Gasteiger partial charge in [-0.1, -0.05) is 45.0 Å². The van der Waals surface area contributed by atoms with Crippen LogP contribution in [0.2, 0.25) is 0 Å². The summed E-state index contributed by atoms with van der Waals surface area (Å²) in [4.78, 5) is 10.2. The number of rotatable bonds is 2. The molecule has 0 spiro atoms. The number of alkyl halides is 2. The zero-order chi connectivity index (χ0) is 12.6. The molecule has 17 heavy (non-hydrogen) atoms. The number of hydrogen-bond donors (Lipinski definition) is 0. The van der Waals surface area contributed by atoms with Gasteiger partial charge in [-0.25, -0.2) is 0 Å². The SMILES string of the molecule is CC(C)(C)c1ccc(C(F)(F)C(=O)[O-])cc1.[Na+]. The normalized spacial score (nSPS) is 11.8. The van der Waals surface area contributed by atoms with Crippen LogP contribution in [-0.2, 0) is 16.1 Å². The first-order valence-corrected chi connectivity index (χ1v) is 4.86. The van der Waals surface area contributed by atoms with Crippen molar-refractivity contribution in [3.8, 4) is 0 Å². The number of halogens is 2. The molecule has 5 heteroatoms. The van der Waals surface area contributed by atoms with Crippen molar-refractivity contribution >= 4 is 5.97 Å². The van der Waals surface area contributed by atoms with E-state index in [0.29, 0.717) is 0 Å². The number of carbonyl (C=O) groups is 1. The van der Waals surface area contributed by atoms with Gasteiger partial charge in [0, 0.05) is 5.56 Å². The Bertz CT molecular complexity index is 394. The van der Waals surface area contributed by atoms with E-state index in [1.807, 2.05) is 20.8 Å². The second kappa shape index (κ2) is 5.46. The monoisotopic (exact) mass is 250 g/mol. The third-order valence-electron chi connectivity index (χ3n) is 2.37. The first-order chi connectivity index (χ1) is 7.15. The Balaban J connectivity index is 0.00000256. The zero-order valence-electron chi connectivity index (χ0n) is 10.4. The van der Waals surface area contributed by atoms with Crippen LogP contribution >= 0.6 is 0 Å². The van der Waals surface area contributed by atoms with Crippen molar-refractivity contribution in [1.29, 1.82) is 0 Å². The van der Waals surface area contributed by atoms with Gasteiger partial charge in [0.1, 0.15) is 5.97 Å². The van der Waals surface area contributed by atoms with E-state index in [9.17, 15) is 18.7 Å². The van der Waals surface area contributed by atoms with Gasteiger partial charge in [-0.05, 0) is 11.0 Å². The molecule has 0 aromatic heterocycles. The number of benzene rings is 1. The van der Waals surface area contributed by atoms with E-state index in [4.69, 9.17) is 0 Å². The molecule has 88 valence electrons. The Kier molecular flexibility index (Phi) is 5.32. The second-order valence-corrected chi connectivity index (χ2v) is 4.69. The van der Waals surface area contributed by atoms with Crippen LogP contribution in [0.5, 0.6) is 0 Å². The molecule has 0 aliphatic heterocycles. The van der Waals surface area contributed by atoms with Crippen molar-refractivity contribution in [1.82, 2.24) is 0 Å². The predicted molar refractivity (Wildman–Crippen MR) is 54.0 cm³/mol. The van der Waals surface area contributed by atoms with Gasteiger partial charge in [0.05, 0.1) is 0 Å². The number of carboxylic acids is 1. The fourth-order valence-corrected chi connectivity index (χ4v) is 1.30. The van der Waals surface area contributed by atoms with E-state index in [0.717, 1.165) is 17.7 Å². The summed E-state index contributed by atoms with van der Waals surface area (Å²) in [5, 5.41) is 10.2. The van der Waals surface area contributed by atoms with Gasteiger partial charge in [-0.15, -0.1) is 0 Å². The third-order valence-corrected chi connectivity index (χ3v) is 2.37. The molecule has 0 amide bonds. The molecule has 0 atom stereocenters. The average Bonchev–Trinajstić information content (AvgIpc) is 2.16. The number of carbonyl (C=O) groups excluding carboxylic acids is 1. The largest absolute Gasteiger partial charge is 1.00 e. The summed E-state index contributed by atoms with van der Waals surface area (Å²) >= 11 is 0. The van der Waals surface area contributed by atoms with Crippen LogP contribution in [0.1, 0.15) is 31.9 Å². The van der Waals surface area contributed by atoms with Crippen molar-refractivity contribution in [2.45, 2.75) is 32.1 Å². The molecule has 0 saturated heterocycles. The summed E-state index contributed by atoms with van der Waals surface area (Å²) in [6.07, 6.45) is 0. The second-order valence-electron chi connectivity index (χ2n) is 4.69. The molecule has 0 bridgehead atoms. The van der Waals surface area contributed by atoms with Crippen LogP contribution in [0, 0.1) is 0 Å². The predicted octanol–water partition coefficient (Wildman–Crippen LogP) is -1.17. The summed E-state index contributed by atoms with van der Waals surface area (Å²) < 4.78 is 26.1. The summed E-state index contributed by atoms with van der Waals surface area (Å²) in [5.41, 5.74) is 0.154. The van der Waals surface area contributed by atoms with E-state index in [1.165, 1.54) is 12.1 Å². The fourth-order valence-electron chi connectivity index (χ4n) is 1.30. The Morgan fingerprint density at radius 2 is 1.41 bits per heavy atom. The van der Waals surface area contributed by atoms with Gasteiger partial charge >= 0.3 is 35.5 Å². The fraction of sp³-hybridized carbons (Fsp3) is 0.417. The molecule has 0 aliphatic rings. The Labute approximate surface area is 121 Å². The van der Waals surface area contributed by atoms with Gasteiger partial charge in [-0.3, -0.25) is 0 Å². The van der Waals surface area contributed by atoms with Crippen LogP contribution in [0.3, 0.4) is 0 Å². The third kappa shape index (κ3) is 3.76. The van der Waals surface area contributed by atoms with Gasteiger partial charge in [0.25, 0.3) is 0 Å². The van der Waals surface area contributed by atoms with E-state index in [-0.39, 0.29) is 35.0 Å². The molecule has 1 aromatic rings. The number of aliphatic carboxylic acids is 1. The number of hydrogen-bond acceptors (Lipinski definition) is 2. The van der Waals surface area contributed by atoms with Crippen LogP contribution in [-0.4, -0.2) is 5.97 Å². The first kappa shape index (κ1) is 16.6. The summed E-state index contributed by atoms with van der Waals surface area (Å²) in [5.74, 6) is -6.31. The van der Waals surface area contributed by atoms with Crippen molar-refractivity contribution in [2.24, 2.45) is 0 Å². The molecule has 2 nitrogen and oxygen atoms in total. The molecule has 0 heterocycles. The Hall–Kier alpha value is -0.450. The van der Waals surface area contributed by atoms with Gasteiger partial charge in [-0.2, -0.15) is 8.78 Å². The molecule has 0 radical (unpaired) electrons. The number of carboxylic acid groups (broad SMARTS) is 1. The molecule has 0 aliphatic carbocycles. The van der Waals surface area contributed by atoms with Crippen LogP contribution < -0.4 is 34.7 Å².